The predicted molar refractivity (Wildman–Crippen MR) is 92.5 cm³/mol. The summed E-state index contributed by atoms with van der Waals surface area (Å²) >= 11 is 1.86. The summed E-state index contributed by atoms with van der Waals surface area (Å²) in [4.78, 5) is 2.77. The lowest BCUT2D eigenvalue weighted by molar-refractivity contribution is 0.319. The van der Waals surface area contributed by atoms with E-state index >= 15 is 0 Å². The SMILES string of the molecule is CCCOc1cc(NC(C)Cc2ccc(C)s2)ccc1N. The van der Waals surface area contributed by atoms with Crippen LogP contribution in [0.15, 0.2) is 30.3 Å². The number of nitrogens with two attached hydrogens (primary N) is 1. The zero-order chi connectivity index (χ0) is 15.2. The molecule has 0 aliphatic carbocycles. The summed E-state index contributed by atoms with van der Waals surface area (Å²) < 4.78 is 5.67. The smallest absolute Gasteiger partial charge is 0.144 e. The van der Waals surface area contributed by atoms with Crippen molar-refractivity contribution in [3.63, 3.8) is 0 Å². The van der Waals surface area contributed by atoms with E-state index < -0.39 is 0 Å². The molecule has 3 nitrogen and oxygen atoms in total. The molecule has 1 atom stereocenters. The lowest BCUT2D eigenvalue weighted by Crippen LogP contribution is -2.17. The van der Waals surface area contributed by atoms with Gasteiger partial charge in [0.1, 0.15) is 5.75 Å². The molecule has 0 saturated heterocycles. The van der Waals surface area contributed by atoms with E-state index in [0.717, 1.165) is 24.3 Å². The molecular weight excluding hydrogens is 280 g/mol. The molecule has 0 fully saturated rings. The number of ether oxygens (including phenoxy) is 1. The van der Waals surface area contributed by atoms with Crippen LogP contribution in [0, 0.1) is 6.92 Å². The molecule has 1 unspecified atom stereocenters. The highest BCUT2D eigenvalue weighted by atomic mass is 32.1. The molecule has 114 valence electrons. The molecule has 0 aliphatic heterocycles. The van der Waals surface area contributed by atoms with Crippen LogP contribution in [0.25, 0.3) is 0 Å². The molecule has 1 aromatic carbocycles. The molecule has 0 spiro atoms. The van der Waals surface area contributed by atoms with Crippen LogP contribution in [0.4, 0.5) is 11.4 Å². The Morgan fingerprint density at radius 3 is 2.76 bits per heavy atom. The number of aryl methyl sites for hydroxylation is 1. The van der Waals surface area contributed by atoms with E-state index in [0.29, 0.717) is 18.3 Å². The molecule has 2 rings (SSSR count). The van der Waals surface area contributed by atoms with Crippen molar-refractivity contribution in [2.24, 2.45) is 0 Å². The number of thiophene rings is 1. The number of nitrogen functional groups attached to an aromatic ring is 1. The van der Waals surface area contributed by atoms with Gasteiger partial charge in [0, 0.05) is 34.0 Å². The zero-order valence-corrected chi connectivity index (χ0v) is 13.8. The van der Waals surface area contributed by atoms with Crippen LogP contribution in [0.1, 0.15) is 30.0 Å². The van der Waals surface area contributed by atoms with Gasteiger partial charge in [-0.25, -0.2) is 0 Å². The molecule has 2 aromatic rings. The first-order valence-corrected chi connectivity index (χ1v) is 8.24. The molecule has 3 N–H and O–H groups in total. The quantitative estimate of drug-likeness (QED) is 0.742. The average molecular weight is 304 g/mol. The third-order valence-corrected chi connectivity index (χ3v) is 4.21. The first-order chi connectivity index (χ1) is 10.1. The molecule has 0 bridgehead atoms. The fourth-order valence-electron chi connectivity index (χ4n) is 2.19. The molecule has 0 amide bonds. The maximum Gasteiger partial charge on any atom is 0.144 e. The Kier molecular flexibility index (Phi) is 5.51. The fourth-order valence-corrected chi connectivity index (χ4v) is 3.21. The van der Waals surface area contributed by atoms with Gasteiger partial charge in [-0.15, -0.1) is 11.3 Å². The van der Waals surface area contributed by atoms with Crippen LogP contribution in [0.2, 0.25) is 0 Å². The van der Waals surface area contributed by atoms with E-state index in [1.165, 1.54) is 9.75 Å². The monoisotopic (exact) mass is 304 g/mol. The number of hydrogen-bond donors (Lipinski definition) is 2. The number of hydrogen-bond acceptors (Lipinski definition) is 4. The van der Waals surface area contributed by atoms with Gasteiger partial charge in [0.25, 0.3) is 0 Å². The van der Waals surface area contributed by atoms with Crippen molar-refractivity contribution < 1.29 is 4.74 Å². The lowest BCUT2D eigenvalue weighted by atomic mass is 10.2. The van der Waals surface area contributed by atoms with Crippen LogP contribution in [-0.4, -0.2) is 12.6 Å². The fraction of sp³-hybridized carbons (Fsp3) is 0.412. The highest BCUT2D eigenvalue weighted by Gasteiger charge is 2.07. The predicted octanol–water partition coefficient (Wildman–Crippen LogP) is 4.47. The first kappa shape index (κ1) is 15.7. The summed E-state index contributed by atoms with van der Waals surface area (Å²) in [5.41, 5.74) is 7.68. The summed E-state index contributed by atoms with van der Waals surface area (Å²) in [7, 11) is 0. The van der Waals surface area contributed by atoms with Gasteiger partial charge in [-0.3, -0.25) is 0 Å². The minimum absolute atomic E-state index is 0.366. The van der Waals surface area contributed by atoms with Crippen LogP contribution < -0.4 is 15.8 Å². The summed E-state index contributed by atoms with van der Waals surface area (Å²) in [6.07, 6.45) is 2.00. The Morgan fingerprint density at radius 2 is 2.10 bits per heavy atom. The third kappa shape index (κ3) is 4.67. The van der Waals surface area contributed by atoms with Gasteiger partial charge in [-0.2, -0.15) is 0 Å². The van der Waals surface area contributed by atoms with E-state index in [2.05, 4.69) is 38.2 Å². The zero-order valence-electron chi connectivity index (χ0n) is 13.0. The van der Waals surface area contributed by atoms with Crippen molar-refractivity contribution in [2.45, 2.75) is 39.7 Å². The molecule has 0 aliphatic rings. The summed E-state index contributed by atoms with van der Waals surface area (Å²) in [6, 6.07) is 10.6. The Hall–Kier alpha value is -1.68. The van der Waals surface area contributed by atoms with Crippen LogP contribution in [0.5, 0.6) is 5.75 Å². The number of benzene rings is 1. The summed E-state index contributed by atoms with van der Waals surface area (Å²) in [5, 5.41) is 3.51. The minimum Gasteiger partial charge on any atom is -0.491 e. The van der Waals surface area contributed by atoms with Gasteiger partial charge in [0.2, 0.25) is 0 Å². The van der Waals surface area contributed by atoms with Gasteiger partial charge >= 0.3 is 0 Å². The summed E-state index contributed by atoms with van der Waals surface area (Å²) in [6.45, 7) is 7.11. The largest absolute Gasteiger partial charge is 0.491 e. The van der Waals surface area contributed by atoms with Crippen LogP contribution >= 0.6 is 11.3 Å². The molecule has 0 saturated carbocycles. The molecular formula is C17H24N2OS. The number of anilines is 2. The van der Waals surface area contributed by atoms with Crippen LogP contribution in [-0.2, 0) is 6.42 Å². The molecule has 0 radical (unpaired) electrons. The second kappa shape index (κ2) is 7.36. The maximum absolute atomic E-state index is 5.94. The van der Waals surface area contributed by atoms with Crippen molar-refractivity contribution >= 4 is 22.7 Å². The molecule has 21 heavy (non-hydrogen) atoms. The Balaban J connectivity index is 1.98. The standard InChI is InChI=1S/C17H24N2OS/c1-4-9-20-17-11-14(6-8-16(17)18)19-12(2)10-15-7-5-13(3)21-15/h5-8,11-12,19H,4,9-10,18H2,1-3H3. The Bertz CT molecular complexity index is 580. The lowest BCUT2D eigenvalue weighted by Gasteiger charge is -2.16. The molecule has 1 aromatic heterocycles. The van der Waals surface area contributed by atoms with E-state index in [1.807, 2.05) is 29.5 Å². The number of rotatable bonds is 7. The van der Waals surface area contributed by atoms with Gasteiger partial charge in [-0.1, -0.05) is 6.92 Å². The van der Waals surface area contributed by atoms with Gasteiger partial charge in [0.05, 0.1) is 12.3 Å². The van der Waals surface area contributed by atoms with Gasteiger partial charge < -0.3 is 15.8 Å². The highest BCUT2D eigenvalue weighted by molar-refractivity contribution is 7.11. The van der Waals surface area contributed by atoms with E-state index in [1.54, 1.807) is 0 Å². The van der Waals surface area contributed by atoms with Crippen molar-refractivity contribution in [1.29, 1.82) is 0 Å². The van der Waals surface area contributed by atoms with E-state index in [4.69, 9.17) is 10.5 Å². The Labute approximate surface area is 131 Å². The second-order valence-corrected chi connectivity index (χ2v) is 6.74. The maximum atomic E-state index is 5.94. The Morgan fingerprint density at radius 1 is 1.29 bits per heavy atom. The second-order valence-electron chi connectivity index (χ2n) is 5.36. The van der Waals surface area contributed by atoms with Gasteiger partial charge in [-0.05, 0) is 44.5 Å². The third-order valence-electron chi connectivity index (χ3n) is 3.19. The van der Waals surface area contributed by atoms with Crippen molar-refractivity contribution in [2.75, 3.05) is 17.7 Å². The summed E-state index contributed by atoms with van der Waals surface area (Å²) in [5.74, 6) is 0.765. The highest BCUT2D eigenvalue weighted by Crippen LogP contribution is 2.26. The van der Waals surface area contributed by atoms with Gasteiger partial charge in [0.15, 0.2) is 0 Å². The van der Waals surface area contributed by atoms with Crippen LogP contribution in [0.3, 0.4) is 0 Å². The average Bonchev–Trinajstić information content (AvgIpc) is 2.84. The minimum atomic E-state index is 0.366. The van der Waals surface area contributed by atoms with E-state index in [-0.39, 0.29) is 0 Å². The number of nitrogens with one attached hydrogen (secondary N) is 1. The molecule has 4 heteroatoms. The van der Waals surface area contributed by atoms with Crippen molar-refractivity contribution in [3.05, 3.63) is 40.1 Å². The van der Waals surface area contributed by atoms with E-state index in [9.17, 15) is 0 Å². The topological polar surface area (TPSA) is 47.3 Å². The normalized spacial score (nSPS) is 12.1. The van der Waals surface area contributed by atoms with Crippen molar-refractivity contribution in [3.8, 4) is 5.75 Å². The first-order valence-electron chi connectivity index (χ1n) is 7.42. The van der Waals surface area contributed by atoms with Crippen molar-refractivity contribution in [1.82, 2.24) is 0 Å². The molecule has 1 heterocycles.